The van der Waals surface area contributed by atoms with Crippen molar-refractivity contribution in [3.8, 4) is 0 Å². The van der Waals surface area contributed by atoms with Crippen LogP contribution < -0.4 is 5.32 Å². The van der Waals surface area contributed by atoms with Crippen LogP contribution in [0.25, 0.3) is 0 Å². The van der Waals surface area contributed by atoms with Crippen molar-refractivity contribution in [1.29, 1.82) is 0 Å². The molecule has 1 N–H and O–H groups in total. The van der Waals surface area contributed by atoms with Gasteiger partial charge >= 0.3 is 6.03 Å². The van der Waals surface area contributed by atoms with Crippen LogP contribution in [0, 0.1) is 0 Å². The zero-order valence-electron chi connectivity index (χ0n) is 4.18. The van der Waals surface area contributed by atoms with E-state index in [4.69, 9.17) is 0 Å². The van der Waals surface area contributed by atoms with Gasteiger partial charge in [0.1, 0.15) is 5.49 Å². The van der Waals surface area contributed by atoms with E-state index < -0.39 is 0 Å². The second-order valence-electron chi connectivity index (χ2n) is 1.47. The number of rotatable bonds is 1. The molecule has 0 aromatic rings. The normalized spacial score (nSPS) is 18.5. The quantitative estimate of drug-likeness (QED) is 0.499. The van der Waals surface area contributed by atoms with Crippen molar-refractivity contribution in [3.63, 3.8) is 0 Å². The molecule has 0 saturated carbocycles. The maximum atomic E-state index is 10.5. The van der Waals surface area contributed by atoms with Crippen molar-refractivity contribution < 1.29 is 4.79 Å². The number of amides is 2. The Hall–Kier alpha value is -0.640. The lowest BCUT2D eigenvalue weighted by molar-refractivity contribution is 0.235. The SMILES string of the molecule is O=C1NCCN1[C]=S. The number of hydrogen-bond donors (Lipinski definition) is 1. The molecule has 1 fully saturated rings. The summed E-state index contributed by atoms with van der Waals surface area (Å²) in [5.41, 5.74) is 2.32. The van der Waals surface area contributed by atoms with E-state index in [2.05, 4.69) is 23.0 Å². The summed E-state index contributed by atoms with van der Waals surface area (Å²) in [5, 5.41) is 2.58. The van der Waals surface area contributed by atoms with Crippen LogP contribution in [0.4, 0.5) is 4.79 Å². The van der Waals surface area contributed by atoms with Gasteiger partial charge in [-0.1, -0.05) is 12.2 Å². The lowest BCUT2D eigenvalue weighted by Gasteiger charge is -2.00. The van der Waals surface area contributed by atoms with E-state index >= 15 is 0 Å². The van der Waals surface area contributed by atoms with Crippen molar-refractivity contribution in [1.82, 2.24) is 10.2 Å². The zero-order chi connectivity index (χ0) is 5.98. The molecular weight excluding hydrogens is 124 g/mol. The van der Waals surface area contributed by atoms with Gasteiger partial charge in [-0.2, -0.15) is 0 Å². The van der Waals surface area contributed by atoms with Crippen LogP contribution in [0.5, 0.6) is 0 Å². The van der Waals surface area contributed by atoms with Crippen LogP contribution >= 0.6 is 12.2 Å². The van der Waals surface area contributed by atoms with Gasteiger partial charge in [-0.15, -0.1) is 0 Å². The molecule has 8 heavy (non-hydrogen) atoms. The molecule has 1 aliphatic heterocycles. The second-order valence-corrected chi connectivity index (χ2v) is 1.66. The van der Waals surface area contributed by atoms with Gasteiger partial charge in [0, 0.05) is 13.1 Å². The zero-order valence-corrected chi connectivity index (χ0v) is 4.99. The van der Waals surface area contributed by atoms with Gasteiger partial charge in [0.2, 0.25) is 0 Å². The predicted molar refractivity (Wildman–Crippen MR) is 32.7 cm³/mol. The average molecular weight is 129 g/mol. The number of carbonyl (C=O) groups excluding carboxylic acids is 1. The largest absolute Gasteiger partial charge is 0.336 e. The number of urea groups is 1. The van der Waals surface area contributed by atoms with Crippen LogP contribution in [-0.2, 0) is 0 Å². The van der Waals surface area contributed by atoms with E-state index in [1.807, 2.05) is 0 Å². The summed E-state index contributed by atoms with van der Waals surface area (Å²) in [6.45, 7) is 1.34. The number of thiocarbonyl (C=S) groups is 1. The summed E-state index contributed by atoms with van der Waals surface area (Å²) < 4.78 is 0. The Labute approximate surface area is 52.7 Å². The van der Waals surface area contributed by atoms with Crippen LogP contribution in [0.1, 0.15) is 0 Å². The molecular formula is C4H5N2OS. The van der Waals surface area contributed by atoms with Crippen LogP contribution in [0.3, 0.4) is 0 Å². The third-order valence-corrected chi connectivity index (χ3v) is 1.19. The lowest BCUT2D eigenvalue weighted by atomic mass is 10.7. The van der Waals surface area contributed by atoms with Crippen molar-refractivity contribution in [2.75, 3.05) is 13.1 Å². The molecule has 0 atom stereocenters. The standard InChI is InChI=1S/C4H5N2OS/c7-4-5-1-2-6(4)3-8/h1-2H2,(H,5,7). The highest BCUT2D eigenvalue weighted by Crippen LogP contribution is 1.90. The van der Waals surface area contributed by atoms with Crippen molar-refractivity contribution in [2.45, 2.75) is 0 Å². The molecule has 1 radical (unpaired) electrons. The molecule has 1 aliphatic rings. The van der Waals surface area contributed by atoms with E-state index in [0.717, 1.165) is 0 Å². The molecule has 0 aromatic heterocycles. The topological polar surface area (TPSA) is 32.3 Å². The Balaban J connectivity index is 2.54. The summed E-state index contributed by atoms with van der Waals surface area (Å²) in [7, 11) is 0. The molecule has 1 rings (SSSR count). The summed E-state index contributed by atoms with van der Waals surface area (Å²) in [6.07, 6.45) is 0. The smallest absolute Gasteiger partial charge is 0.322 e. The molecule has 43 valence electrons. The molecule has 2 amide bonds. The van der Waals surface area contributed by atoms with Crippen molar-refractivity contribution in [2.24, 2.45) is 0 Å². The first-order valence-electron chi connectivity index (χ1n) is 2.28. The molecule has 0 spiro atoms. The molecule has 0 unspecified atom stereocenters. The van der Waals surface area contributed by atoms with Crippen LogP contribution in [0.2, 0.25) is 0 Å². The Morgan fingerprint density at radius 2 is 2.62 bits per heavy atom. The van der Waals surface area contributed by atoms with E-state index in [9.17, 15) is 4.79 Å². The van der Waals surface area contributed by atoms with Crippen molar-refractivity contribution >= 4 is 23.7 Å². The predicted octanol–water partition coefficient (Wildman–Crippen LogP) is -0.154. The number of nitrogens with zero attached hydrogens (tertiary/aromatic N) is 1. The molecule has 4 heteroatoms. The maximum Gasteiger partial charge on any atom is 0.322 e. The highest BCUT2D eigenvalue weighted by Gasteiger charge is 2.16. The van der Waals surface area contributed by atoms with Crippen LogP contribution in [0.15, 0.2) is 0 Å². The third kappa shape index (κ3) is 0.790. The number of carbonyl (C=O) groups is 1. The Kier molecular flexibility index (Phi) is 1.43. The van der Waals surface area contributed by atoms with E-state index in [0.29, 0.717) is 13.1 Å². The molecule has 3 nitrogen and oxygen atoms in total. The summed E-state index contributed by atoms with van der Waals surface area (Å²) >= 11 is 4.40. The Morgan fingerprint density at radius 1 is 1.88 bits per heavy atom. The minimum Gasteiger partial charge on any atom is -0.336 e. The van der Waals surface area contributed by atoms with E-state index in [-0.39, 0.29) is 6.03 Å². The van der Waals surface area contributed by atoms with Gasteiger partial charge in [0.15, 0.2) is 0 Å². The van der Waals surface area contributed by atoms with Gasteiger partial charge < -0.3 is 5.32 Å². The van der Waals surface area contributed by atoms with Crippen LogP contribution in [-0.4, -0.2) is 29.5 Å². The Morgan fingerprint density at radius 3 is 2.88 bits per heavy atom. The number of nitrogens with one attached hydrogen (secondary N) is 1. The first-order chi connectivity index (χ1) is 3.84. The fraction of sp³-hybridized carbons (Fsp3) is 0.500. The van der Waals surface area contributed by atoms with Gasteiger partial charge in [-0.3, -0.25) is 4.90 Å². The maximum absolute atomic E-state index is 10.5. The van der Waals surface area contributed by atoms with E-state index in [1.165, 1.54) is 4.90 Å². The second kappa shape index (κ2) is 2.09. The molecule has 1 saturated heterocycles. The summed E-state index contributed by atoms with van der Waals surface area (Å²) in [5.74, 6) is 0. The monoisotopic (exact) mass is 129 g/mol. The average Bonchev–Trinajstić information content (AvgIpc) is 2.14. The molecule has 1 heterocycles. The fourth-order valence-electron chi connectivity index (χ4n) is 0.559. The minimum atomic E-state index is -0.139. The van der Waals surface area contributed by atoms with E-state index in [1.54, 1.807) is 0 Å². The summed E-state index contributed by atoms with van der Waals surface area (Å²) in [4.78, 5) is 11.8. The fourth-order valence-corrected chi connectivity index (χ4v) is 0.733. The van der Waals surface area contributed by atoms with Gasteiger partial charge in [-0.05, 0) is 0 Å². The summed E-state index contributed by atoms with van der Waals surface area (Å²) in [6, 6.07) is -0.139. The first-order valence-corrected chi connectivity index (χ1v) is 2.68. The molecule has 0 aromatic carbocycles. The Bertz CT molecular complexity index is 125. The highest BCUT2D eigenvalue weighted by molar-refractivity contribution is 7.78. The molecule has 0 aliphatic carbocycles. The van der Waals surface area contributed by atoms with Gasteiger partial charge in [0.05, 0.1) is 0 Å². The number of hydrogen-bond acceptors (Lipinski definition) is 2. The highest BCUT2D eigenvalue weighted by atomic mass is 32.1. The molecule has 0 bridgehead atoms. The lowest BCUT2D eigenvalue weighted by Crippen LogP contribution is -2.25. The van der Waals surface area contributed by atoms with Gasteiger partial charge in [0.25, 0.3) is 0 Å². The third-order valence-electron chi connectivity index (χ3n) is 0.967. The van der Waals surface area contributed by atoms with Crippen molar-refractivity contribution in [3.05, 3.63) is 0 Å². The minimum absolute atomic E-state index is 0.139. The first kappa shape index (κ1) is 5.50. The van der Waals surface area contributed by atoms with Gasteiger partial charge in [-0.25, -0.2) is 4.79 Å².